The van der Waals surface area contributed by atoms with Gasteiger partial charge in [-0.25, -0.2) is 15.0 Å². The number of anilines is 2. The Labute approximate surface area is 201 Å². The van der Waals surface area contributed by atoms with Crippen molar-refractivity contribution in [2.24, 2.45) is 0 Å². The van der Waals surface area contributed by atoms with Gasteiger partial charge in [-0.2, -0.15) is 13.2 Å². The molecule has 5 N–H and O–H groups in total. The summed E-state index contributed by atoms with van der Waals surface area (Å²) in [4.78, 5) is 31.1. The molecule has 1 saturated carbocycles. The molecule has 0 atom stereocenters. The van der Waals surface area contributed by atoms with Crippen molar-refractivity contribution in [1.29, 1.82) is 0 Å². The van der Waals surface area contributed by atoms with E-state index in [2.05, 4.69) is 20.3 Å². The molecule has 14 heteroatoms. The molecule has 4 rings (SSSR count). The van der Waals surface area contributed by atoms with Crippen molar-refractivity contribution in [3.63, 3.8) is 0 Å². The maximum absolute atomic E-state index is 12.9. The molecule has 0 saturated heterocycles. The lowest BCUT2D eigenvalue weighted by atomic mass is 9.83. The van der Waals surface area contributed by atoms with Crippen LogP contribution in [0, 0.1) is 6.92 Å². The zero-order valence-corrected chi connectivity index (χ0v) is 20.0. The highest BCUT2D eigenvalue weighted by Gasteiger charge is 2.52. The predicted octanol–water partition coefficient (Wildman–Crippen LogP) is 4.30. The van der Waals surface area contributed by atoms with E-state index in [1.54, 1.807) is 25.3 Å². The maximum Gasteiger partial charge on any atom is 0.433 e. The minimum absolute atomic E-state index is 0.0743. The van der Waals surface area contributed by atoms with Crippen molar-refractivity contribution < 1.29 is 37.7 Å². The van der Waals surface area contributed by atoms with Crippen LogP contribution in [0.15, 0.2) is 36.7 Å². The fourth-order valence-corrected chi connectivity index (χ4v) is 5.75. The van der Waals surface area contributed by atoms with Crippen molar-refractivity contribution in [1.82, 2.24) is 15.0 Å². The van der Waals surface area contributed by atoms with E-state index in [-0.39, 0.29) is 31.6 Å². The highest BCUT2D eigenvalue weighted by Crippen LogP contribution is 2.58. The fourth-order valence-electron chi connectivity index (χ4n) is 3.90. The summed E-state index contributed by atoms with van der Waals surface area (Å²) in [5.74, 6) is -0.213. The summed E-state index contributed by atoms with van der Waals surface area (Å²) in [6.07, 6.45) is -2.75. The van der Waals surface area contributed by atoms with Crippen molar-refractivity contribution in [2.45, 2.75) is 49.7 Å². The van der Waals surface area contributed by atoms with Gasteiger partial charge in [-0.05, 0) is 61.9 Å². The van der Waals surface area contributed by atoms with Crippen LogP contribution in [0.2, 0.25) is 0 Å². The summed E-state index contributed by atoms with van der Waals surface area (Å²) in [5.41, 5.74) is -0.566. The zero-order chi connectivity index (χ0) is 25.6. The summed E-state index contributed by atoms with van der Waals surface area (Å²) in [5, 5.41) is 22.3. The topological polar surface area (TPSA) is 149 Å². The van der Waals surface area contributed by atoms with Gasteiger partial charge in [0.25, 0.3) is 0 Å². The van der Waals surface area contributed by atoms with E-state index < -0.39 is 30.4 Å². The van der Waals surface area contributed by atoms with Crippen LogP contribution in [0.4, 0.5) is 24.8 Å². The smallest absolute Gasteiger partial charge is 0.383 e. The van der Waals surface area contributed by atoms with Gasteiger partial charge in [0.05, 0.1) is 4.88 Å². The van der Waals surface area contributed by atoms with Gasteiger partial charge in [-0.3, -0.25) is 4.57 Å². The van der Waals surface area contributed by atoms with E-state index in [1.807, 2.05) is 6.07 Å². The highest BCUT2D eigenvalue weighted by molar-refractivity contribution is 7.53. The number of halogens is 3. The van der Waals surface area contributed by atoms with Gasteiger partial charge in [-0.1, -0.05) is 6.07 Å². The lowest BCUT2D eigenvalue weighted by Crippen LogP contribution is -2.41. The summed E-state index contributed by atoms with van der Waals surface area (Å²) in [6, 6.07) is 6.02. The number of thiazole rings is 1. The van der Waals surface area contributed by atoms with Gasteiger partial charge in [0.1, 0.15) is 16.3 Å². The first-order valence-electron chi connectivity index (χ1n) is 10.4. The molecule has 1 aliphatic carbocycles. The molecule has 0 amide bonds. The van der Waals surface area contributed by atoms with Crippen LogP contribution >= 0.6 is 18.9 Å². The van der Waals surface area contributed by atoms with E-state index in [0.29, 0.717) is 21.1 Å². The minimum atomic E-state index is -4.75. The molecule has 0 spiro atoms. The highest BCUT2D eigenvalue weighted by atomic mass is 32.1. The molecule has 3 aromatic rings. The Hall–Kier alpha value is -2.41. The second-order valence-corrected chi connectivity index (χ2v) is 11.5. The van der Waals surface area contributed by atoms with Crippen LogP contribution in [-0.4, -0.2) is 40.3 Å². The van der Waals surface area contributed by atoms with Crippen LogP contribution in [0.1, 0.15) is 41.9 Å². The van der Waals surface area contributed by atoms with Crippen LogP contribution in [-0.2, 0) is 16.3 Å². The molecular formula is C21H22F3N4O5PS. The molecule has 0 aliphatic heterocycles. The molecule has 0 unspecified atom stereocenters. The van der Waals surface area contributed by atoms with E-state index in [9.17, 15) is 37.7 Å². The van der Waals surface area contributed by atoms with Gasteiger partial charge in [0.2, 0.25) is 5.95 Å². The number of nitrogens with zero attached hydrogens (tertiary/aromatic N) is 3. The van der Waals surface area contributed by atoms with Crippen molar-refractivity contribution in [2.75, 3.05) is 5.32 Å². The van der Waals surface area contributed by atoms with E-state index in [0.717, 1.165) is 17.8 Å². The zero-order valence-electron chi connectivity index (χ0n) is 18.3. The number of aromatic nitrogens is 3. The second kappa shape index (κ2) is 8.91. The maximum atomic E-state index is 12.9. The summed E-state index contributed by atoms with van der Waals surface area (Å²) < 4.78 is 50.4. The van der Waals surface area contributed by atoms with Gasteiger partial charge in [0, 0.05) is 18.1 Å². The Balaban J connectivity index is 1.56. The molecule has 2 aromatic heterocycles. The van der Waals surface area contributed by atoms with E-state index in [1.165, 1.54) is 11.3 Å². The molecule has 0 bridgehead atoms. The number of nitrogens with one attached hydrogen (secondary N) is 1. The molecule has 2 heterocycles. The van der Waals surface area contributed by atoms with Gasteiger partial charge >= 0.3 is 13.8 Å². The molecule has 1 aliphatic rings. The van der Waals surface area contributed by atoms with Crippen LogP contribution < -0.4 is 5.32 Å². The lowest BCUT2D eigenvalue weighted by molar-refractivity contribution is -0.141. The van der Waals surface area contributed by atoms with Crippen LogP contribution in [0.3, 0.4) is 0 Å². The number of benzene rings is 1. The molecule has 188 valence electrons. The summed E-state index contributed by atoms with van der Waals surface area (Å²) >= 11 is 1.18. The Kier molecular flexibility index (Phi) is 6.54. The number of alkyl halides is 3. The third-order valence-electron chi connectivity index (χ3n) is 5.89. The first kappa shape index (κ1) is 25.7. The van der Waals surface area contributed by atoms with Gasteiger partial charge in [0.15, 0.2) is 5.34 Å². The minimum Gasteiger partial charge on any atom is -0.383 e. The van der Waals surface area contributed by atoms with Crippen LogP contribution in [0.5, 0.6) is 0 Å². The van der Waals surface area contributed by atoms with Crippen molar-refractivity contribution >= 4 is 30.6 Å². The molecule has 0 radical (unpaired) electrons. The third kappa shape index (κ3) is 5.40. The largest absolute Gasteiger partial charge is 0.433 e. The predicted molar refractivity (Wildman–Crippen MR) is 122 cm³/mol. The number of hydrogen-bond donors (Lipinski definition) is 5. The number of aryl methyl sites for hydroxylation is 1. The molecule has 9 nitrogen and oxygen atoms in total. The second-order valence-electron chi connectivity index (χ2n) is 8.56. The molecular weight excluding hydrogens is 508 g/mol. The standard InChI is InChI=1S/C21H22F3N4O5PS/c1-12-8-13(10-14(9-12)27-18-25-7-2-16(28-18)21(22,23)24)15-11-26-17(35-15)19(29)3-5-20(30,6-4-19)34(31,32)33/h2,7-11,29-30H,3-6H2,1H3,(H,25,27,28)(H2,31,32,33)/t19-,20+. The Bertz CT molecular complexity index is 1290. The average Bonchev–Trinajstić information content (AvgIpc) is 3.26. The number of aliphatic hydroxyl groups is 2. The van der Waals surface area contributed by atoms with Crippen molar-refractivity contribution in [3.05, 3.63) is 52.9 Å². The molecule has 1 fully saturated rings. The monoisotopic (exact) mass is 530 g/mol. The number of hydrogen-bond acceptors (Lipinski definition) is 8. The van der Waals surface area contributed by atoms with Gasteiger partial charge < -0.3 is 25.3 Å². The van der Waals surface area contributed by atoms with E-state index >= 15 is 0 Å². The fraction of sp³-hybridized carbons (Fsp3) is 0.381. The van der Waals surface area contributed by atoms with Crippen molar-refractivity contribution in [3.8, 4) is 10.4 Å². The average molecular weight is 530 g/mol. The third-order valence-corrected chi connectivity index (χ3v) is 8.66. The Morgan fingerprint density at radius 2 is 1.77 bits per heavy atom. The van der Waals surface area contributed by atoms with E-state index in [4.69, 9.17) is 0 Å². The normalized spacial score (nSPS) is 23.3. The SMILES string of the molecule is Cc1cc(Nc2nccc(C(F)(F)F)n2)cc(-c2cnc([C@]3(O)CC[C@@](O)(P(=O)(O)O)CC3)s2)c1. The Morgan fingerprint density at radius 3 is 2.40 bits per heavy atom. The Morgan fingerprint density at radius 1 is 1.09 bits per heavy atom. The lowest BCUT2D eigenvalue weighted by Gasteiger charge is -2.39. The quantitative estimate of drug-likeness (QED) is 0.305. The first-order chi connectivity index (χ1) is 16.2. The van der Waals surface area contributed by atoms with Gasteiger partial charge in [-0.15, -0.1) is 11.3 Å². The first-order valence-corrected chi connectivity index (χ1v) is 12.9. The molecule has 1 aromatic carbocycles. The van der Waals surface area contributed by atoms with Crippen LogP contribution in [0.25, 0.3) is 10.4 Å². The number of rotatable bonds is 5. The summed E-state index contributed by atoms with van der Waals surface area (Å²) in [6.45, 7) is 1.81. The molecule has 35 heavy (non-hydrogen) atoms. The summed E-state index contributed by atoms with van der Waals surface area (Å²) in [7, 11) is -4.75.